The van der Waals surface area contributed by atoms with E-state index in [0.717, 1.165) is 96.4 Å². The van der Waals surface area contributed by atoms with Gasteiger partial charge >= 0.3 is 11.9 Å². The summed E-state index contributed by atoms with van der Waals surface area (Å²) in [5, 5.41) is 3.20. The van der Waals surface area contributed by atoms with Crippen LogP contribution in [0.1, 0.15) is 286 Å². The van der Waals surface area contributed by atoms with E-state index >= 15 is 0 Å². The normalized spacial score (nSPS) is 12.4. The number of hydrogen-bond acceptors (Lipinski definition) is 9. The van der Waals surface area contributed by atoms with Crippen LogP contribution in [0, 0.1) is 5.92 Å². The van der Waals surface area contributed by atoms with Crippen LogP contribution in [0.4, 0.5) is 0 Å². The van der Waals surface area contributed by atoms with Gasteiger partial charge in [0.05, 0.1) is 19.6 Å². The first-order chi connectivity index (χ1) is 34.7. The minimum atomic E-state index is -0.582. The first kappa shape index (κ1) is 68.8. The van der Waals surface area contributed by atoms with Gasteiger partial charge in [-0.2, -0.15) is 0 Å². The van der Waals surface area contributed by atoms with E-state index in [0.29, 0.717) is 77.5 Å². The molecule has 0 saturated heterocycles. The van der Waals surface area contributed by atoms with Gasteiger partial charge in [-0.05, 0) is 70.9 Å². The largest absolute Gasteiger partial charge is 0.466 e. The summed E-state index contributed by atoms with van der Waals surface area (Å²) in [6.45, 7) is 17.6. The Morgan fingerprint density at radius 2 is 0.915 bits per heavy atom. The fourth-order valence-electron chi connectivity index (χ4n) is 9.10. The van der Waals surface area contributed by atoms with E-state index in [-0.39, 0.29) is 36.8 Å². The summed E-state index contributed by atoms with van der Waals surface area (Å²) in [5.41, 5.74) is 0. The van der Waals surface area contributed by atoms with Crippen LogP contribution >= 0.6 is 0 Å². The number of ether oxygens (including phenoxy) is 4. The van der Waals surface area contributed by atoms with Crippen molar-refractivity contribution in [3.63, 3.8) is 0 Å². The molecule has 0 aliphatic rings. The van der Waals surface area contributed by atoms with Gasteiger partial charge in [-0.25, -0.2) is 0 Å². The minimum absolute atomic E-state index is 0.0377. The first-order valence-corrected chi connectivity index (χ1v) is 30.5. The smallest absolute Gasteiger partial charge is 0.305 e. The molecule has 11 nitrogen and oxygen atoms in total. The van der Waals surface area contributed by atoms with Crippen molar-refractivity contribution in [3.8, 4) is 0 Å². The van der Waals surface area contributed by atoms with Gasteiger partial charge in [-0.1, -0.05) is 208 Å². The fraction of sp³-hybridized carbons (Fsp3) is 0.933. The zero-order valence-electron chi connectivity index (χ0n) is 47.9. The highest BCUT2D eigenvalue weighted by atomic mass is 16.7. The van der Waals surface area contributed by atoms with Crippen LogP contribution in [0.3, 0.4) is 0 Å². The third-order valence-electron chi connectivity index (χ3n) is 14.1. The molecular formula is C60H117N3O8. The Morgan fingerprint density at radius 3 is 1.49 bits per heavy atom. The molecule has 2 unspecified atom stereocenters. The summed E-state index contributed by atoms with van der Waals surface area (Å²) >= 11 is 0. The summed E-state index contributed by atoms with van der Waals surface area (Å²) in [5.74, 6) is -0.00731. The average Bonchev–Trinajstić information content (AvgIpc) is 3.37. The van der Waals surface area contributed by atoms with Crippen molar-refractivity contribution in [3.05, 3.63) is 0 Å². The van der Waals surface area contributed by atoms with Crippen molar-refractivity contribution in [2.75, 3.05) is 59.7 Å². The van der Waals surface area contributed by atoms with E-state index in [1.54, 1.807) is 4.90 Å². The Balaban J connectivity index is 5.45. The summed E-state index contributed by atoms with van der Waals surface area (Å²) in [7, 11) is 2.01. The zero-order chi connectivity index (χ0) is 52.3. The lowest BCUT2D eigenvalue weighted by atomic mass is 9.96. The molecule has 0 fully saturated rings. The lowest BCUT2D eigenvalue weighted by Gasteiger charge is -2.32. The van der Waals surface area contributed by atoms with Crippen molar-refractivity contribution in [1.29, 1.82) is 0 Å². The minimum Gasteiger partial charge on any atom is -0.466 e. The second kappa shape index (κ2) is 52.6. The number of nitrogens with zero attached hydrogens (tertiary/aromatic N) is 2. The lowest BCUT2D eigenvalue weighted by molar-refractivity contribution is -0.159. The second-order valence-corrected chi connectivity index (χ2v) is 20.8. The third-order valence-corrected chi connectivity index (χ3v) is 14.1. The molecule has 0 radical (unpaired) electrons. The molecule has 420 valence electrons. The molecule has 11 heteroatoms. The van der Waals surface area contributed by atoms with Crippen LogP contribution in [0.15, 0.2) is 0 Å². The van der Waals surface area contributed by atoms with Crippen LogP contribution in [0.5, 0.6) is 0 Å². The highest BCUT2D eigenvalue weighted by molar-refractivity contribution is 5.87. The molecule has 0 heterocycles. The van der Waals surface area contributed by atoms with Gasteiger partial charge in [0.1, 0.15) is 6.04 Å². The van der Waals surface area contributed by atoms with E-state index in [2.05, 4.69) is 51.8 Å². The Morgan fingerprint density at radius 1 is 0.437 bits per heavy atom. The van der Waals surface area contributed by atoms with Crippen LogP contribution in [0.2, 0.25) is 0 Å². The Kier molecular flexibility index (Phi) is 51.0. The van der Waals surface area contributed by atoms with Gasteiger partial charge in [0, 0.05) is 52.1 Å². The molecule has 1 N–H and O–H groups in total. The molecule has 0 saturated carbocycles. The number of esters is 2. The summed E-state index contributed by atoms with van der Waals surface area (Å²) in [4.78, 5) is 57.7. The zero-order valence-corrected chi connectivity index (χ0v) is 47.9. The Hall–Kier alpha value is -2.24. The molecule has 71 heavy (non-hydrogen) atoms. The molecule has 2 amide bonds. The standard InChI is InChI=1S/C60H117N3O8/c1-8-14-19-23-30-36-47-61-60(67)55(42-34-28-26-27-29-35-43-57(65)71-53-54(40-18-12-5)41-33-22-17-11-4)63(56(64)46-49-62(7)13-6)48-39-52-68-58(66)44-45-59(69-50-37-31-24-20-15-9-2)70-51-38-32-25-21-16-10-3/h54-55,59H,8-53H2,1-7H3,(H,61,67). The number of unbranched alkanes of at least 4 members (excludes halogenated alkanes) is 24. The van der Waals surface area contributed by atoms with Gasteiger partial charge in [-0.15, -0.1) is 0 Å². The molecule has 0 aromatic carbocycles. The van der Waals surface area contributed by atoms with E-state index in [9.17, 15) is 19.2 Å². The van der Waals surface area contributed by atoms with E-state index in [1.165, 1.54) is 116 Å². The predicted octanol–water partition coefficient (Wildman–Crippen LogP) is 15.2. The molecule has 0 aliphatic heterocycles. The summed E-state index contributed by atoms with van der Waals surface area (Å²) < 4.78 is 23.8. The average molecular weight is 1010 g/mol. The quantitative estimate of drug-likeness (QED) is 0.0360. The van der Waals surface area contributed by atoms with Gasteiger partial charge in [-0.3, -0.25) is 19.2 Å². The van der Waals surface area contributed by atoms with Gasteiger partial charge < -0.3 is 34.1 Å². The van der Waals surface area contributed by atoms with Crippen LogP contribution < -0.4 is 5.32 Å². The SMILES string of the molecule is CCCCCCCCNC(=O)C(CCCCCCCCC(=O)OCC(CCCC)CCCCCC)N(CCCOC(=O)CCC(OCCCCCCCC)OCCCCCCCC)C(=O)CCN(C)CC. The molecule has 2 atom stereocenters. The maximum atomic E-state index is 14.0. The highest BCUT2D eigenvalue weighted by Crippen LogP contribution is 2.20. The third kappa shape index (κ3) is 43.8. The number of nitrogens with one attached hydrogen (secondary N) is 1. The van der Waals surface area contributed by atoms with Crippen molar-refractivity contribution >= 4 is 23.8 Å². The second-order valence-electron chi connectivity index (χ2n) is 20.8. The summed E-state index contributed by atoms with van der Waals surface area (Å²) in [6.07, 6.45) is 38.4. The number of hydrogen-bond donors (Lipinski definition) is 1. The van der Waals surface area contributed by atoms with Crippen LogP contribution in [-0.2, 0) is 38.1 Å². The number of rotatable bonds is 55. The Labute approximate surface area is 438 Å². The van der Waals surface area contributed by atoms with Crippen molar-refractivity contribution < 1.29 is 38.1 Å². The molecule has 0 aliphatic carbocycles. The number of amides is 2. The molecule has 0 rings (SSSR count). The number of carbonyl (C=O) groups is 4. The van der Waals surface area contributed by atoms with Gasteiger partial charge in [0.2, 0.25) is 11.8 Å². The molecule has 0 aromatic heterocycles. The van der Waals surface area contributed by atoms with Crippen molar-refractivity contribution in [2.45, 2.75) is 298 Å². The highest BCUT2D eigenvalue weighted by Gasteiger charge is 2.29. The Bertz CT molecular complexity index is 1190. The van der Waals surface area contributed by atoms with Crippen molar-refractivity contribution in [2.24, 2.45) is 5.92 Å². The van der Waals surface area contributed by atoms with Crippen LogP contribution in [0.25, 0.3) is 0 Å². The monoisotopic (exact) mass is 1010 g/mol. The summed E-state index contributed by atoms with van der Waals surface area (Å²) in [6, 6.07) is -0.582. The molecular weight excluding hydrogens is 891 g/mol. The topological polar surface area (TPSA) is 124 Å². The fourth-order valence-corrected chi connectivity index (χ4v) is 9.10. The van der Waals surface area contributed by atoms with Crippen molar-refractivity contribution in [1.82, 2.24) is 15.1 Å². The maximum absolute atomic E-state index is 14.0. The van der Waals surface area contributed by atoms with Crippen LogP contribution in [-0.4, -0.2) is 106 Å². The van der Waals surface area contributed by atoms with Gasteiger partial charge in [0.15, 0.2) is 6.29 Å². The maximum Gasteiger partial charge on any atom is 0.305 e. The molecule has 0 aromatic rings. The van der Waals surface area contributed by atoms with Gasteiger partial charge in [0.25, 0.3) is 0 Å². The molecule has 0 spiro atoms. The predicted molar refractivity (Wildman–Crippen MR) is 297 cm³/mol. The first-order valence-electron chi connectivity index (χ1n) is 30.5. The van der Waals surface area contributed by atoms with E-state index in [1.807, 2.05) is 7.05 Å². The lowest BCUT2D eigenvalue weighted by Crippen LogP contribution is -2.50. The van der Waals surface area contributed by atoms with E-state index in [4.69, 9.17) is 18.9 Å². The number of carbonyl (C=O) groups excluding carboxylic acids is 4. The molecule has 0 bridgehead atoms. The van der Waals surface area contributed by atoms with E-state index < -0.39 is 12.3 Å².